The number of hydrogen-bond acceptors (Lipinski definition) is 5. The maximum absolute atomic E-state index is 12.7. The van der Waals surface area contributed by atoms with Gasteiger partial charge in [0, 0.05) is 52.1 Å². The molecule has 158 valence electrons. The third kappa shape index (κ3) is 5.78. The third-order valence-electron chi connectivity index (χ3n) is 5.11. The van der Waals surface area contributed by atoms with Crippen LogP contribution in [0.2, 0.25) is 0 Å². The van der Waals surface area contributed by atoms with Gasteiger partial charge in [0.25, 0.3) is 0 Å². The second-order valence-corrected chi connectivity index (χ2v) is 8.78. The van der Waals surface area contributed by atoms with E-state index < -0.39 is 10.0 Å². The lowest BCUT2D eigenvalue weighted by atomic mass is 10.2. The average Bonchev–Trinajstić information content (AvgIpc) is 2.74. The van der Waals surface area contributed by atoms with Crippen molar-refractivity contribution in [3.63, 3.8) is 0 Å². The van der Waals surface area contributed by atoms with Gasteiger partial charge in [0.2, 0.25) is 21.8 Å². The van der Waals surface area contributed by atoms with Crippen LogP contribution in [0.3, 0.4) is 0 Å². The van der Waals surface area contributed by atoms with Crippen molar-refractivity contribution >= 4 is 21.8 Å². The maximum Gasteiger partial charge on any atom is 0.243 e. The van der Waals surface area contributed by atoms with Gasteiger partial charge in [0.05, 0.1) is 16.5 Å². The van der Waals surface area contributed by atoms with Gasteiger partial charge in [-0.25, -0.2) is 8.42 Å². The van der Waals surface area contributed by atoms with Crippen molar-refractivity contribution in [1.29, 1.82) is 5.26 Å². The second-order valence-electron chi connectivity index (χ2n) is 6.84. The summed E-state index contributed by atoms with van der Waals surface area (Å²) in [6.07, 6.45) is 1.13. The molecule has 0 radical (unpaired) electrons. The molecule has 1 aromatic rings. The Kier molecular flexibility index (Phi) is 8.17. The summed E-state index contributed by atoms with van der Waals surface area (Å²) in [5, 5.41) is 8.84. The molecular formula is C20H28N4O4S. The molecule has 0 atom stereocenters. The molecule has 1 saturated heterocycles. The van der Waals surface area contributed by atoms with Crippen molar-refractivity contribution in [1.82, 2.24) is 14.1 Å². The number of hydrogen-bond donors (Lipinski definition) is 0. The molecule has 8 nitrogen and oxygen atoms in total. The van der Waals surface area contributed by atoms with Crippen molar-refractivity contribution in [3.05, 3.63) is 29.8 Å². The smallest absolute Gasteiger partial charge is 0.243 e. The Morgan fingerprint density at radius 2 is 1.62 bits per heavy atom. The van der Waals surface area contributed by atoms with E-state index in [0.717, 1.165) is 0 Å². The highest BCUT2D eigenvalue weighted by Gasteiger charge is 2.30. The Labute approximate surface area is 172 Å². The van der Waals surface area contributed by atoms with Crippen LogP contribution in [-0.4, -0.2) is 73.6 Å². The SMILES string of the molecule is CCN(CC)C(=O)CCCC(=O)N1CCN(S(=O)(=O)c2ccc(C#N)cc2)CC1. The normalized spacial score (nSPS) is 15.0. The van der Waals surface area contributed by atoms with E-state index >= 15 is 0 Å². The van der Waals surface area contributed by atoms with Crippen LogP contribution >= 0.6 is 0 Å². The number of carbonyl (C=O) groups is 2. The van der Waals surface area contributed by atoms with Crippen LogP contribution < -0.4 is 0 Å². The van der Waals surface area contributed by atoms with Crippen molar-refractivity contribution in [3.8, 4) is 6.07 Å². The van der Waals surface area contributed by atoms with E-state index in [9.17, 15) is 18.0 Å². The minimum absolute atomic E-state index is 0.0484. The van der Waals surface area contributed by atoms with Crippen molar-refractivity contribution in [2.45, 2.75) is 38.0 Å². The first-order chi connectivity index (χ1) is 13.8. The predicted molar refractivity (Wildman–Crippen MR) is 108 cm³/mol. The zero-order chi connectivity index (χ0) is 21.4. The minimum Gasteiger partial charge on any atom is -0.343 e. The Morgan fingerprint density at radius 3 is 2.14 bits per heavy atom. The number of benzene rings is 1. The molecule has 0 bridgehead atoms. The fourth-order valence-corrected chi connectivity index (χ4v) is 4.73. The Bertz CT molecular complexity index is 849. The third-order valence-corrected chi connectivity index (χ3v) is 7.02. The van der Waals surface area contributed by atoms with Crippen molar-refractivity contribution in [2.24, 2.45) is 0 Å². The Balaban J connectivity index is 1.84. The van der Waals surface area contributed by atoms with E-state index in [-0.39, 0.29) is 36.2 Å². The molecule has 29 heavy (non-hydrogen) atoms. The molecule has 0 aromatic heterocycles. The highest BCUT2D eigenvalue weighted by Crippen LogP contribution is 2.18. The first kappa shape index (κ1) is 22.8. The molecule has 9 heteroatoms. The van der Waals surface area contributed by atoms with Gasteiger partial charge >= 0.3 is 0 Å². The van der Waals surface area contributed by atoms with Crippen molar-refractivity contribution in [2.75, 3.05) is 39.3 Å². The van der Waals surface area contributed by atoms with Gasteiger partial charge < -0.3 is 9.80 Å². The molecule has 2 amide bonds. The minimum atomic E-state index is -3.64. The summed E-state index contributed by atoms with van der Waals surface area (Å²) in [6, 6.07) is 7.78. The number of nitriles is 1. The first-order valence-corrected chi connectivity index (χ1v) is 11.3. The van der Waals surface area contributed by atoms with Gasteiger partial charge in [-0.05, 0) is 44.5 Å². The van der Waals surface area contributed by atoms with Crippen LogP contribution in [0.5, 0.6) is 0 Å². The highest BCUT2D eigenvalue weighted by molar-refractivity contribution is 7.89. The number of amides is 2. The fraction of sp³-hybridized carbons (Fsp3) is 0.550. The Morgan fingerprint density at radius 1 is 1.03 bits per heavy atom. The molecule has 0 spiro atoms. The second kappa shape index (κ2) is 10.4. The van der Waals surface area contributed by atoms with Crippen LogP contribution in [0, 0.1) is 11.3 Å². The monoisotopic (exact) mass is 420 g/mol. The van der Waals surface area contributed by atoms with Gasteiger partial charge in [-0.3, -0.25) is 9.59 Å². The van der Waals surface area contributed by atoms with Gasteiger partial charge in [0.15, 0.2) is 0 Å². The van der Waals surface area contributed by atoms with Crippen molar-refractivity contribution < 1.29 is 18.0 Å². The molecule has 1 aromatic carbocycles. The highest BCUT2D eigenvalue weighted by atomic mass is 32.2. The standard InChI is InChI=1S/C20H28N4O4S/c1-3-22(4-2)19(25)6-5-7-20(26)23-12-14-24(15-13-23)29(27,28)18-10-8-17(16-21)9-11-18/h8-11H,3-7,12-15H2,1-2H3. The molecule has 1 fully saturated rings. The lowest BCUT2D eigenvalue weighted by molar-refractivity contribution is -0.133. The largest absolute Gasteiger partial charge is 0.343 e. The number of nitrogens with zero attached hydrogens (tertiary/aromatic N) is 4. The van der Waals surface area contributed by atoms with E-state index in [1.165, 1.54) is 28.6 Å². The van der Waals surface area contributed by atoms with Crippen LogP contribution in [0.1, 0.15) is 38.7 Å². The number of piperazine rings is 1. The summed E-state index contributed by atoms with van der Waals surface area (Å²) in [4.78, 5) is 27.9. The zero-order valence-corrected chi connectivity index (χ0v) is 17.8. The van der Waals surface area contributed by atoms with Gasteiger partial charge in [-0.2, -0.15) is 9.57 Å². The van der Waals surface area contributed by atoms with E-state index in [4.69, 9.17) is 5.26 Å². The molecule has 1 aliphatic heterocycles. The van der Waals surface area contributed by atoms with Gasteiger partial charge in [0.1, 0.15) is 0 Å². The van der Waals surface area contributed by atoms with E-state index in [1.807, 2.05) is 19.9 Å². The topological polar surface area (TPSA) is 102 Å². The Hall–Kier alpha value is -2.44. The molecule has 1 aliphatic rings. The molecular weight excluding hydrogens is 392 g/mol. The molecule has 0 unspecified atom stereocenters. The van der Waals surface area contributed by atoms with Gasteiger partial charge in [-0.15, -0.1) is 0 Å². The first-order valence-electron chi connectivity index (χ1n) is 9.89. The van der Waals surface area contributed by atoms with E-state index in [2.05, 4.69) is 0 Å². The lowest BCUT2D eigenvalue weighted by Gasteiger charge is -2.34. The lowest BCUT2D eigenvalue weighted by Crippen LogP contribution is -2.50. The number of rotatable bonds is 8. The predicted octanol–water partition coefficient (Wildman–Crippen LogP) is 1.43. The van der Waals surface area contributed by atoms with Crippen LogP contribution in [0.4, 0.5) is 0 Å². The molecule has 2 rings (SSSR count). The summed E-state index contributed by atoms with van der Waals surface area (Å²) in [6.45, 7) is 6.31. The summed E-state index contributed by atoms with van der Waals surface area (Å²) in [5.41, 5.74) is 0.402. The zero-order valence-electron chi connectivity index (χ0n) is 17.0. The summed E-state index contributed by atoms with van der Waals surface area (Å²) < 4.78 is 26.8. The van der Waals surface area contributed by atoms with Crippen LogP contribution in [0.15, 0.2) is 29.2 Å². The summed E-state index contributed by atoms with van der Waals surface area (Å²) >= 11 is 0. The quantitative estimate of drug-likeness (QED) is 0.633. The van der Waals surface area contributed by atoms with E-state index in [1.54, 1.807) is 9.80 Å². The summed E-state index contributed by atoms with van der Waals surface area (Å²) in [7, 11) is -3.64. The molecule has 0 aliphatic carbocycles. The van der Waals surface area contributed by atoms with Crippen LogP contribution in [0.25, 0.3) is 0 Å². The number of carbonyl (C=O) groups excluding carboxylic acids is 2. The summed E-state index contributed by atoms with van der Waals surface area (Å²) in [5.74, 6) is 0.00824. The van der Waals surface area contributed by atoms with E-state index in [0.29, 0.717) is 44.6 Å². The fourth-order valence-electron chi connectivity index (χ4n) is 3.31. The molecule has 1 heterocycles. The van der Waals surface area contributed by atoms with Crippen LogP contribution in [-0.2, 0) is 19.6 Å². The molecule has 0 N–H and O–H groups in total. The average molecular weight is 421 g/mol. The molecule has 0 saturated carbocycles. The number of sulfonamides is 1. The maximum atomic E-state index is 12.7. The van der Waals surface area contributed by atoms with Gasteiger partial charge in [-0.1, -0.05) is 0 Å².